The molecule has 0 fully saturated rings. The molecule has 0 aliphatic carbocycles. The van der Waals surface area contributed by atoms with Crippen molar-refractivity contribution < 1.29 is 9.18 Å². The van der Waals surface area contributed by atoms with Gasteiger partial charge in [0, 0.05) is 29.1 Å². The zero-order valence-electron chi connectivity index (χ0n) is 16.5. The number of halogens is 2. The lowest BCUT2D eigenvalue weighted by Crippen LogP contribution is -2.13. The fourth-order valence-electron chi connectivity index (χ4n) is 3.00. The molecule has 4 rings (SSSR count). The Hall–Kier alpha value is -3.16. The number of carbonyl (C=O) groups is 1. The molecule has 0 aliphatic rings. The molecule has 1 aromatic heterocycles. The van der Waals surface area contributed by atoms with Gasteiger partial charge in [-0.15, -0.1) is 10.2 Å². The van der Waals surface area contributed by atoms with Crippen molar-refractivity contribution >= 4 is 35.0 Å². The number of nitrogens with one attached hydrogen (secondary N) is 1. The third-order valence-corrected chi connectivity index (χ3v) is 5.96. The first-order valence-corrected chi connectivity index (χ1v) is 10.8. The van der Waals surface area contributed by atoms with Crippen LogP contribution in [0.3, 0.4) is 0 Å². The van der Waals surface area contributed by atoms with Gasteiger partial charge in [-0.2, -0.15) is 0 Å². The highest BCUT2D eigenvalue weighted by atomic mass is 35.5. The first kappa shape index (κ1) is 21.1. The fourth-order valence-corrected chi connectivity index (χ4v) is 3.99. The maximum Gasteiger partial charge on any atom is 0.258 e. The molecule has 0 aliphatic heterocycles. The Kier molecular flexibility index (Phi) is 6.34. The molecule has 0 saturated heterocycles. The van der Waals surface area contributed by atoms with Crippen LogP contribution in [0, 0.1) is 5.82 Å². The summed E-state index contributed by atoms with van der Waals surface area (Å²) in [6.45, 7) is 0. The van der Waals surface area contributed by atoms with E-state index in [0.717, 1.165) is 22.0 Å². The Morgan fingerprint density at radius 1 is 1.06 bits per heavy atom. The Bertz CT molecular complexity index is 1230. The van der Waals surface area contributed by atoms with E-state index >= 15 is 0 Å². The number of hydrogen-bond acceptors (Lipinski definition) is 4. The van der Waals surface area contributed by atoms with E-state index in [1.54, 1.807) is 36.0 Å². The minimum atomic E-state index is -0.563. The standard InChI is InChI=1S/C23H18ClFN4OS/c1-29-21(27-28-23(29)31-14-15-9-11-17(24)12-10-15)16-5-4-6-18(13-16)26-22(30)19-7-2-3-8-20(19)25/h2-13H,14H2,1H3,(H,26,30). The third-order valence-electron chi connectivity index (χ3n) is 4.61. The minimum absolute atomic E-state index is 0.00699. The second-order valence-electron chi connectivity index (χ2n) is 6.80. The molecule has 156 valence electrons. The van der Waals surface area contributed by atoms with Crippen LogP contribution in [0.25, 0.3) is 11.4 Å². The van der Waals surface area contributed by atoms with Crippen LogP contribution in [0.2, 0.25) is 5.02 Å². The summed E-state index contributed by atoms with van der Waals surface area (Å²) < 4.78 is 15.8. The normalized spacial score (nSPS) is 10.8. The van der Waals surface area contributed by atoms with Crippen molar-refractivity contribution in [3.8, 4) is 11.4 Å². The van der Waals surface area contributed by atoms with Gasteiger partial charge in [-0.05, 0) is 42.0 Å². The Morgan fingerprint density at radius 3 is 2.61 bits per heavy atom. The van der Waals surface area contributed by atoms with E-state index in [1.807, 2.05) is 48.0 Å². The van der Waals surface area contributed by atoms with Crippen LogP contribution < -0.4 is 5.32 Å². The summed E-state index contributed by atoms with van der Waals surface area (Å²) in [5.41, 5.74) is 2.47. The van der Waals surface area contributed by atoms with Gasteiger partial charge >= 0.3 is 0 Å². The van der Waals surface area contributed by atoms with Crippen molar-refractivity contribution in [3.63, 3.8) is 0 Å². The van der Waals surface area contributed by atoms with E-state index < -0.39 is 11.7 Å². The minimum Gasteiger partial charge on any atom is -0.322 e. The second-order valence-corrected chi connectivity index (χ2v) is 8.17. The second kappa shape index (κ2) is 9.32. The third kappa shape index (κ3) is 4.95. The number of hydrogen-bond donors (Lipinski definition) is 1. The summed E-state index contributed by atoms with van der Waals surface area (Å²) in [7, 11) is 1.89. The average Bonchev–Trinajstić information content (AvgIpc) is 3.14. The maximum absolute atomic E-state index is 13.9. The van der Waals surface area contributed by atoms with E-state index in [9.17, 15) is 9.18 Å². The summed E-state index contributed by atoms with van der Waals surface area (Å²) in [6, 6.07) is 20.8. The van der Waals surface area contributed by atoms with Crippen LogP contribution in [0.1, 0.15) is 15.9 Å². The summed E-state index contributed by atoms with van der Waals surface area (Å²) in [5.74, 6) is 0.335. The molecule has 0 spiro atoms. The zero-order chi connectivity index (χ0) is 21.8. The van der Waals surface area contributed by atoms with Gasteiger partial charge in [0.25, 0.3) is 5.91 Å². The van der Waals surface area contributed by atoms with Crippen molar-refractivity contribution in [2.45, 2.75) is 10.9 Å². The molecule has 0 radical (unpaired) electrons. The predicted octanol–water partition coefficient (Wildman–Crippen LogP) is 5.82. The van der Waals surface area contributed by atoms with Crippen molar-refractivity contribution in [1.82, 2.24) is 14.8 Å². The molecule has 0 saturated carbocycles. The smallest absolute Gasteiger partial charge is 0.258 e. The van der Waals surface area contributed by atoms with E-state index in [1.165, 1.54) is 12.1 Å². The molecule has 31 heavy (non-hydrogen) atoms. The molecule has 8 heteroatoms. The number of nitrogens with zero attached hydrogens (tertiary/aromatic N) is 3. The Labute approximate surface area is 188 Å². The topological polar surface area (TPSA) is 59.8 Å². The summed E-state index contributed by atoms with van der Waals surface area (Å²) in [6.07, 6.45) is 0. The van der Waals surface area contributed by atoms with E-state index in [2.05, 4.69) is 15.5 Å². The molecule has 0 bridgehead atoms. The van der Waals surface area contributed by atoms with Gasteiger partial charge in [-0.3, -0.25) is 4.79 Å². The molecule has 4 aromatic rings. The average molecular weight is 453 g/mol. The van der Waals surface area contributed by atoms with Crippen molar-refractivity contribution in [1.29, 1.82) is 0 Å². The molecule has 1 N–H and O–H groups in total. The zero-order valence-corrected chi connectivity index (χ0v) is 18.1. The number of thioether (sulfide) groups is 1. The number of amides is 1. The van der Waals surface area contributed by atoms with Crippen molar-refractivity contribution in [3.05, 3.63) is 94.8 Å². The fraction of sp³-hybridized carbons (Fsp3) is 0.0870. The number of anilines is 1. The van der Waals surface area contributed by atoms with Crippen LogP contribution >= 0.6 is 23.4 Å². The van der Waals surface area contributed by atoms with E-state index in [-0.39, 0.29) is 5.56 Å². The molecular weight excluding hydrogens is 435 g/mol. The monoisotopic (exact) mass is 452 g/mol. The van der Waals surface area contributed by atoms with Gasteiger partial charge in [-0.25, -0.2) is 4.39 Å². The lowest BCUT2D eigenvalue weighted by atomic mass is 10.1. The van der Waals surface area contributed by atoms with Gasteiger partial charge in [0.05, 0.1) is 5.56 Å². The molecule has 5 nitrogen and oxygen atoms in total. The van der Waals surface area contributed by atoms with Gasteiger partial charge < -0.3 is 9.88 Å². The van der Waals surface area contributed by atoms with Crippen molar-refractivity contribution in [2.24, 2.45) is 7.05 Å². The summed E-state index contributed by atoms with van der Waals surface area (Å²) in [5, 5.41) is 12.8. The van der Waals surface area contributed by atoms with Crippen LogP contribution in [-0.4, -0.2) is 20.7 Å². The molecule has 3 aromatic carbocycles. The number of carbonyl (C=O) groups excluding carboxylic acids is 1. The quantitative estimate of drug-likeness (QED) is 0.374. The number of rotatable bonds is 6. The first-order valence-electron chi connectivity index (χ1n) is 9.44. The van der Waals surface area contributed by atoms with Gasteiger partial charge in [0.15, 0.2) is 11.0 Å². The lowest BCUT2D eigenvalue weighted by Gasteiger charge is -2.08. The van der Waals surface area contributed by atoms with Crippen LogP contribution in [0.15, 0.2) is 78.0 Å². The van der Waals surface area contributed by atoms with Gasteiger partial charge in [-0.1, -0.05) is 59.8 Å². The molecule has 0 unspecified atom stereocenters. The maximum atomic E-state index is 13.9. The number of benzene rings is 3. The van der Waals surface area contributed by atoms with Crippen LogP contribution in [-0.2, 0) is 12.8 Å². The molecule has 1 heterocycles. The molecular formula is C23H18ClFN4OS. The SMILES string of the molecule is Cn1c(SCc2ccc(Cl)cc2)nnc1-c1cccc(NC(=O)c2ccccc2F)c1. The van der Waals surface area contributed by atoms with Gasteiger partial charge in [0.1, 0.15) is 5.82 Å². The highest BCUT2D eigenvalue weighted by Crippen LogP contribution is 2.27. The Balaban J connectivity index is 1.49. The van der Waals surface area contributed by atoms with Crippen LogP contribution in [0.4, 0.5) is 10.1 Å². The van der Waals surface area contributed by atoms with Gasteiger partial charge in [0.2, 0.25) is 0 Å². The van der Waals surface area contributed by atoms with E-state index in [0.29, 0.717) is 16.5 Å². The van der Waals surface area contributed by atoms with Crippen molar-refractivity contribution in [2.75, 3.05) is 5.32 Å². The highest BCUT2D eigenvalue weighted by molar-refractivity contribution is 7.98. The lowest BCUT2D eigenvalue weighted by molar-refractivity contribution is 0.102. The number of aromatic nitrogens is 3. The molecule has 1 amide bonds. The van der Waals surface area contributed by atoms with Crippen LogP contribution in [0.5, 0.6) is 0 Å². The summed E-state index contributed by atoms with van der Waals surface area (Å²) in [4.78, 5) is 12.4. The highest BCUT2D eigenvalue weighted by Gasteiger charge is 2.14. The Morgan fingerprint density at radius 2 is 1.84 bits per heavy atom. The predicted molar refractivity (Wildman–Crippen MR) is 122 cm³/mol. The molecule has 0 atom stereocenters. The summed E-state index contributed by atoms with van der Waals surface area (Å²) >= 11 is 7.50. The first-order chi connectivity index (χ1) is 15.0. The van der Waals surface area contributed by atoms with E-state index in [4.69, 9.17) is 11.6 Å². The largest absolute Gasteiger partial charge is 0.322 e.